The second-order valence-electron chi connectivity index (χ2n) is 6.24. The monoisotopic (exact) mass is 318 g/mol. The van der Waals surface area contributed by atoms with E-state index in [9.17, 15) is 9.59 Å². The lowest BCUT2D eigenvalue weighted by atomic mass is 10.1. The zero-order valence-electron chi connectivity index (χ0n) is 14.1. The summed E-state index contributed by atoms with van der Waals surface area (Å²) in [6, 6.07) is 7.78. The molecule has 1 aliphatic rings. The Hall–Kier alpha value is -1.92. The first-order chi connectivity index (χ1) is 11.0. The minimum absolute atomic E-state index is 0.000554. The van der Waals surface area contributed by atoms with Crippen LogP contribution in [-0.2, 0) is 9.59 Å². The van der Waals surface area contributed by atoms with Gasteiger partial charge in [-0.15, -0.1) is 0 Å². The van der Waals surface area contributed by atoms with Crippen molar-refractivity contribution in [3.63, 3.8) is 0 Å². The number of carbonyl (C=O) groups is 2. The van der Waals surface area contributed by atoms with Crippen molar-refractivity contribution in [3.8, 4) is 0 Å². The number of hydrogen-bond donors (Lipinski definition) is 2. The molecule has 23 heavy (non-hydrogen) atoms. The van der Waals surface area contributed by atoms with Crippen LogP contribution in [0.3, 0.4) is 0 Å². The number of nitrogens with one attached hydrogen (secondary N) is 2. The molecule has 1 fully saturated rings. The lowest BCUT2D eigenvalue weighted by Gasteiger charge is -2.37. The van der Waals surface area contributed by atoms with Crippen molar-refractivity contribution in [2.45, 2.75) is 19.4 Å². The summed E-state index contributed by atoms with van der Waals surface area (Å²) in [4.78, 5) is 28.4. The van der Waals surface area contributed by atoms with Gasteiger partial charge in [-0.1, -0.05) is 18.2 Å². The quantitative estimate of drug-likeness (QED) is 0.838. The topological polar surface area (TPSA) is 64.7 Å². The Morgan fingerprint density at radius 3 is 2.65 bits per heavy atom. The summed E-state index contributed by atoms with van der Waals surface area (Å²) in [7, 11) is 4.10. The Morgan fingerprint density at radius 2 is 1.91 bits per heavy atom. The number of carbonyl (C=O) groups excluding carboxylic acids is 2. The Morgan fingerprint density at radius 1 is 1.17 bits per heavy atom. The van der Waals surface area contributed by atoms with Crippen LogP contribution in [0.25, 0.3) is 0 Å². The summed E-state index contributed by atoms with van der Waals surface area (Å²) < 4.78 is 0. The zero-order valence-corrected chi connectivity index (χ0v) is 14.1. The van der Waals surface area contributed by atoms with Crippen molar-refractivity contribution < 1.29 is 9.59 Å². The van der Waals surface area contributed by atoms with Gasteiger partial charge in [0.15, 0.2) is 0 Å². The van der Waals surface area contributed by atoms with Gasteiger partial charge < -0.3 is 20.4 Å². The maximum absolute atomic E-state index is 12.1. The Kier molecular flexibility index (Phi) is 6.12. The Bertz CT molecular complexity index is 561. The molecule has 126 valence electrons. The Balaban J connectivity index is 1.75. The van der Waals surface area contributed by atoms with Gasteiger partial charge in [0.05, 0.1) is 6.54 Å². The summed E-state index contributed by atoms with van der Waals surface area (Å²) in [5.74, 6) is -0.293. The van der Waals surface area contributed by atoms with Crippen LogP contribution in [0.4, 0.5) is 5.69 Å². The smallest absolute Gasteiger partial charge is 0.243 e. The van der Waals surface area contributed by atoms with Gasteiger partial charge in [0.1, 0.15) is 0 Å². The molecule has 2 N–H and O–H groups in total. The molecule has 0 saturated carbocycles. The molecule has 1 heterocycles. The third-order valence-corrected chi connectivity index (χ3v) is 4.27. The molecular formula is C17H26N4O2. The van der Waals surface area contributed by atoms with E-state index in [4.69, 9.17) is 0 Å². The van der Waals surface area contributed by atoms with Gasteiger partial charge in [-0.2, -0.15) is 0 Å². The van der Waals surface area contributed by atoms with E-state index in [-0.39, 0.29) is 24.4 Å². The van der Waals surface area contributed by atoms with Crippen LogP contribution in [0.5, 0.6) is 0 Å². The minimum atomic E-state index is -0.207. The highest BCUT2D eigenvalue weighted by molar-refractivity contribution is 5.95. The van der Waals surface area contributed by atoms with Crippen LogP contribution >= 0.6 is 0 Å². The van der Waals surface area contributed by atoms with Crippen molar-refractivity contribution >= 4 is 17.5 Å². The molecule has 6 heteroatoms. The molecule has 1 aliphatic heterocycles. The number of piperazine rings is 1. The number of amides is 2. The number of nitrogens with zero attached hydrogens (tertiary/aromatic N) is 2. The third kappa shape index (κ3) is 5.33. The zero-order chi connectivity index (χ0) is 16.8. The molecule has 0 aliphatic carbocycles. The summed E-state index contributed by atoms with van der Waals surface area (Å²) in [6.45, 7) is 4.79. The first-order valence-electron chi connectivity index (χ1n) is 7.96. The molecule has 0 spiro atoms. The SMILES string of the molecule is Cc1ccccc1NC(=O)CNC(=O)C[C@H]1CN(C)CCN1C. The van der Waals surface area contributed by atoms with Gasteiger partial charge in [-0.3, -0.25) is 9.59 Å². The van der Waals surface area contributed by atoms with Gasteiger partial charge in [0.25, 0.3) is 0 Å². The summed E-state index contributed by atoms with van der Waals surface area (Å²) in [5.41, 5.74) is 1.78. The average Bonchev–Trinajstić information content (AvgIpc) is 2.51. The number of hydrogen-bond acceptors (Lipinski definition) is 4. The molecule has 6 nitrogen and oxygen atoms in total. The largest absolute Gasteiger partial charge is 0.347 e. The fraction of sp³-hybridized carbons (Fsp3) is 0.529. The summed E-state index contributed by atoms with van der Waals surface area (Å²) in [5, 5.41) is 5.52. The number of rotatable bonds is 5. The summed E-state index contributed by atoms with van der Waals surface area (Å²) >= 11 is 0. The highest BCUT2D eigenvalue weighted by Crippen LogP contribution is 2.12. The molecule has 0 unspecified atom stereocenters. The van der Waals surface area contributed by atoms with Crippen LogP contribution in [0, 0.1) is 6.92 Å². The van der Waals surface area contributed by atoms with E-state index in [1.807, 2.05) is 38.2 Å². The van der Waals surface area contributed by atoms with Crippen LogP contribution in [0.1, 0.15) is 12.0 Å². The van der Waals surface area contributed by atoms with E-state index < -0.39 is 0 Å². The second kappa shape index (κ2) is 8.08. The van der Waals surface area contributed by atoms with Crippen LogP contribution in [0.2, 0.25) is 0 Å². The van der Waals surface area contributed by atoms with Crippen molar-refractivity contribution in [1.29, 1.82) is 0 Å². The highest BCUT2D eigenvalue weighted by atomic mass is 16.2. The van der Waals surface area contributed by atoms with E-state index in [0.717, 1.165) is 30.9 Å². The van der Waals surface area contributed by atoms with E-state index in [1.54, 1.807) is 0 Å². The normalized spacial score (nSPS) is 19.3. The molecule has 0 bridgehead atoms. The maximum Gasteiger partial charge on any atom is 0.243 e. The Labute approximate surface area is 137 Å². The fourth-order valence-electron chi connectivity index (χ4n) is 2.69. The van der Waals surface area contributed by atoms with Crippen LogP contribution in [0.15, 0.2) is 24.3 Å². The number of aryl methyl sites for hydroxylation is 1. The number of anilines is 1. The number of benzene rings is 1. The van der Waals surface area contributed by atoms with Crippen LogP contribution < -0.4 is 10.6 Å². The molecule has 2 amide bonds. The molecule has 1 aromatic rings. The predicted molar refractivity (Wildman–Crippen MR) is 91.4 cm³/mol. The lowest BCUT2D eigenvalue weighted by Crippen LogP contribution is -2.51. The molecule has 2 rings (SSSR count). The van der Waals surface area contributed by atoms with E-state index in [2.05, 4.69) is 27.5 Å². The average molecular weight is 318 g/mol. The molecule has 0 aromatic heterocycles. The number of likely N-dealkylation sites (N-methyl/N-ethyl adjacent to an activating group) is 2. The van der Waals surface area contributed by atoms with Crippen LogP contribution in [-0.4, -0.2) is 67.9 Å². The van der Waals surface area contributed by atoms with Crippen molar-refractivity contribution in [2.24, 2.45) is 0 Å². The summed E-state index contributed by atoms with van der Waals surface area (Å²) in [6.07, 6.45) is 0.415. The predicted octanol–water partition coefficient (Wildman–Crippen LogP) is 0.686. The van der Waals surface area contributed by atoms with Gasteiger partial charge in [0, 0.05) is 37.8 Å². The van der Waals surface area contributed by atoms with Crippen molar-refractivity contribution in [3.05, 3.63) is 29.8 Å². The first kappa shape index (κ1) is 17.4. The van der Waals surface area contributed by atoms with Crippen molar-refractivity contribution in [1.82, 2.24) is 15.1 Å². The second-order valence-corrected chi connectivity index (χ2v) is 6.24. The lowest BCUT2D eigenvalue weighted by molar-refractivity contribution is -0.125. The molecule has 1 atom stereocenters. The van der Waals surface area contributed by atoms with E-state index in [0.29, 0.717) is 6.42 Å². The fourth-order valence-corrected chi connectivity index (χ4v) is 2.69. The van der Waals surface area contributed by atoms with Gasteiger partial charge in [-0.25, -0.2) is 0 Å². The van der Waals surface area contributed by atoms with E-state index >= 15 is 0 Å². The first-order valence-corrected chi connectivity index (χ1v) is 7.96. The molecule has 1 saturated heterocycles. The van der Waals surface area contributed by atoms with Gasteiger partial charge >= 0.3 is 0 Å². The van der Waals surface area contributed by atoms with Gasteiger partial charge in [0.2, 0.25) is 11.8 Å². The standard InChI is InChI=1S/C17H26N4O2/c1-13-6-4-5-7-15(13)19-17(23)11-18-16(22)10-14-12-20(2)8-9-21(14)3/h4-7,14H,8-12H2,1-3H3,(H,18,22)(H,19,23)/t14-/m0/s1. The minimum Gasteiger partial charge on any atom is -0.347 e. The third-order valence-electron chi connectivity index (χ3n) is 4.27. The van der Waals surface area contributed by atoms with E-state index in [1.165, 1.54) is 0 Å². The molecular weight excluding hydrogens is 292 g/mol. The molecule has 0 radical (unpaired) electrons. The highest BCUT2D eigenvalue weighted by Gasteiger charge is 2.24. The number of para-hydroxylation sites is 1. The molecule has 1 aromatic carbocycles. The van der Waals surface area contributed by atoms with Crippen molar-refractivity contribution in [2.75, 3.05) is 45.6 Å². The van der Waals surface area contributed by atoms with Gasteiger partial charge in [-0.05, 0) is 32.6 Å². The maximum atomic E-state index is 12.1.